The molecule has 0 amide bonds. The number of rotatable bonds is 18. The molecule has 2 aliphatic rings. The van der Waals surface area contributed by atoms with Gasteiger partial charge in [0.2, 0.25) is 0 Å². The lowest BCUT2D eigenvalue weighted by Gasteiger charge is -2.29. The normalized spacial score (nSPS) is 14.0. The lowest BCUT2D eigenvalue weighted by Crippen LogP contribution is -2.18. The topological polar surface area (TPSA) is 73.8 Å². The smallest absolute Gasteiger partial charge is 0.126 e. The minimum absolute atomic E-state index is 0.227. The van der Waals surface area contributed by atoms with Crippen LogP contribution < -0.4 is 37.9 Å². The molecule has 8 heteroatoms. The predicted octanol–water partition coefficient (Wildman–Crippen LogP) is 29.3. The van der Waals surface area contributed by atoms with Crippen LogP contribution in [0.25, 0.3) is 0 Å². The van der Waals surface area contributed by atoms with Gasteiger partial charge < -0.3 is 37.9 Å². The van der Waals surface area contributed by atoms with Crippen LogP contribution in [-0.4, -0.2) is 39.6 Å². The lowest BCUT2D eigenvalue weighted by atomic mass is 9.79. The van der Waals surface area contributed by atoms with E-state index in [0.717, 1.165) is 185 Å². The third-order valence-electron chi connectivity index (χ3n) is 24.4. The van der Waals surface area contributed by atoms with Crippen LogP contribution in [0.2, 0.25) is 0 Å². The van der Waals surface area contributed by atoms with Gasteiger partial charge in [0.25, 0.3) is 0 Å². The first-order chi connectivity index (χ1) is 57.2. The van der Waals surface area contributed by atoms with Crippen molar-refractivity contribution in [3.05, 3.63) is 266 Å². The largest absolute Gasteiger partial charge is 0.493 e. The van der Waals surface area contributed by atoms with E-state index in [1.807, 2.05) is 0 Å². The van der Waals surface area contributed by atoms with Gasteiger partial charge in [-0.1, -0.05) is 323 Å². The monoisotopic (exact) mass is 1650 g/mol. The Hall–Kier alpha value is -8.62. The molecule has 0 N–H and O–H groups in total. The van der Waals surface area contributed by atoms with Crippen LogP contribution in [0.5, 0.6) is 46.0 Å². The fraction of sp³-hybridized carbons (Fsp3) is 0.526. The van der Waals surface area contributed by atoms with Gasteiger partial charge in [-0.3, -0.25) is 0 Å². The summed E-state index contributed by atoms with van der Waals surface area (Å²) in [5.41, 5.74) is 28.2. The Morgan fingerprint density at radius 2 is 0.344 bits per heavy atom. The summed E-state index contributed by atoms with van der Waals surface area (Å²) in [5, 5.41) is 0. The summed E-state index contributed by atoms with van der Waals surface area (Å²) in [4.78, 5) is 0. The van der Waals surface area contributed by atoms with Gasteiger partial charge in [-0.2, -0.15) is 0 Å². The molecule has 0 aliphatic carbocycles. The molecule has 0 radical (unpaired) electrons. The van der Waals surface area contributed by atoms with E-state index >= 15 is 0 Å². The zero-order valence-electron chi connectivity index (χ0n) is 81.4. The maximum Gasteiger partial charge on any atom is 0.126 e. The number of ether oxygens (including phenoxy) is 8. The molecule has 0 atom stereocenters. The molecular formula is C114H154O8. The second kappa shape index (κ2) is 38.1. The van der Waals surface area contributed by atoms with Crippen LogP contribution in [0.1, 0.15) is 391 Å². The van der Waals surface area contributed by atoms with Crippen LogP contribution >= 0.6 is 0 Å². The minimum Gasteiger partial charge on any atom is -0.493 e. The van der Waals surface area contributed by atoms with E-state index in [-0.39, 0.29) is 43.3 Å². The van der Waals surface area contributed by atoms with E-state index in [4.69, 9.17) is 37.9 Å². The van der Waals surface area contributed by atoms with Crippen molar-refractivity contribution >= 4 is 0 Å². The van der Waals surface area contributed by atoms with E-state index < -0.39 is 0 Å². The molecule has 0 unspecified atom stereocenters. The Bertz CT molecular complexity index is 4590. The zero-order valence-corrected chi connectivity index (χ0v) is 81.4. The van der Waals surface area contributed by atoms with Gasteiger partial charge in [0.15, 0.2) is 0 Å². The van der Waals surface area contributed by atoms with Crippen molar-refractivity contribution in [3.63, 3.8) is 0 Å². The average Bonchev–Trinajstić information content (AvgIpc) is 0.766. The lowest BCUT2D eigenvalue weighted by molar-refractivity contribution is 0.292. The summed E-state index contributed by atoms with van der Waals surface area (Å²) in [6.07, 6.45) is 9.56. The Morgan fingerprint density at radius 3 is 0.484 bits per heavy atom. The Balaban J connectivity index is 1.37. The third kappa shape index (κ3) is 22.9. The van der Waals surface area contributed by atoms with Crippen molar-refractivity contribution in [2.75, 3.05) is 39.6 Å². The van der Waals surface area contributed by atoms with Gasteiger partial charge in [0.1, 0.15) is 59.2 Å². The van der Waals surface area contributed by atoms with E-state index in [1.54, 1.807) is 0 Å². The standard InChI is InChI=1S/C114H154O8/c1-31-40-115-99-75-47-79-59-93(109(13,14)15)63-83(101(79)117-42-33-3)51-87-67-97(113(25,26)27)69-89-53-85-65-95(111(19,20)21)61-81(103(85)119-44-35-5)49-77-57-92(108(10,11)12)58-78(100(77)116-41-32-2)50-82-62-96(112(22,23)24)66-86(104(82)120-45-36-6)54-90-70-98(114(28,29)30)68-88(106(90)122-72-74-39-37-38-73(46-74)71-121-105(87)89)52-84-64-94(110(16,17)18)60-80(102(84)118-43-34-4)48-76(99)56-91(55-75)107(7,8)9/h37-39,46,55-70H,31-36,40-45,47-54,71-72H2,1-30H3. The predicted molar refractivity (Wildman–Crippen MR) is 513 cm³/mol. The van der Waals surface area contributed by atoms with E-state index in [2.05, 4.69) is 329 Å². The van der Waals surface area contributed by atoms with Gasteiger partial charge in [-0.05, 0) is 233 Å². The Kier molecular flexibility index (Phi) is 29.3. The quantitative estimate of drug-likeness (QED) is 0.0841. The highest BCUT2D eigenvalue weighted by Gasteiger charge is 2.34. The van der Waals surface area contributed by atoms with E-state index in [9.17, 15) is 0 Å². The molecule has 122 heavy (non-hydrogen) atoms. The minimum atomic E-state index is -0.267. The maximum absolute atomic E-state index is 7.89. The van der Waals surface area contributed by atoms with Crippen LogP contribution in [0.3, 0.4) is 0 Å². The van der Waals surface area contributed by atoms with Crippen molar-refractivity contribution in [1.29, 1.82) is 0 Å². The van der Waals surface area contributed by atoms with Gasteiger partial charge in [0, 0.05) is 51.4 Å². The summed E-state index contributed by atoms with van der Waals surface area (Å²) in [6.45, 7) is 73.9. The molecule has 0 fully saturated rings. The second-order valence-electron chi connectivity index (χ2n) is 43.9. The van der Waals surface area contributed by atoms with Crippen molar-refractivity contribution < 1.29 is 37.9 Å². The molecule has 9 aromatic rings. The maximum atomic E-state index is 7.89. The molecule has 11 rings (SSSR count). The van der Waals surface area contributed by atoms with Crippen molar-refractivity contribution in [2.45, 2.75) is 354 Å². The molecule has 0 aromatic heterocycles. The number of benzene rings is 9. The van der Waals surface area contributed by atoms with Gasteiger partial charge >= 0.3 is 0 Å². The van der Waals surface area contributed by atoms with Crippen molar-refractivity contribution in [1.82, 2.24) is 0 Å². The fourth-order valence-corrected chi connectivity index (χ4v) is 17.1. The summed E-state index contributed by atoms with van der Waals surface area (Å²) in [6, 6.07) is 48.3. The van der Waals surface area contributed by atoms with Crippen molar-refractivity contribution in [2.24, 2.45) is 0 Å². The summed E-state index contributed by atoms with van der Waals surface area (Å²) in [5.74, 6) is 7.32. The molecule has 2 heterocycles. The van der Waals surface area contributed by atoms with Crippen LogP contribution in [0.4, 0.5) is 0 Å². The average molecular weight is 1650 g/mol. The number of hydrogen-bond acceptors (Lipinski definition) is 8. The highest BCUT2D eigenvalue weighted by Crippen LogP contribution is 2.49. The van der Waals surface area contributed by atoms with Gasteiger partial charge in [-0.15, -0.1) is 0 Å². The summed E-state index contributed by atoms with van der Waals surface area (Å²) < 4.78 is 60.4. The molecule has 9 aromatic carbocycles. The molecule has 0 saturated heterocycles. The molecule has 16 bridgehead atoms. The molecule has 658 valence electrons. The highest BCUT2D eigenvalue weighted by molar-refractivity contribution is 5.64. The summed E-state index contributed by atoms with van der Waals surface area (Å²) in [7, 11) is 0. The van der Waals surface area contributed by atoms with Gasteiger partial charge in [-0.25, -0.2) is 0 Å². The first kappa shape index (κ1) is 94.1. The number of hydrogen-bond donors (Lipinski definition) is 0. The Labute approximate surface area is 739 Å². The molecule has 2 aliphatic heterocycles. The van der Waals surface area contributed by atoms with Crippen LogP contribution in [-0.2, 0) is 108 Å². The first-order valence-electron chi connectivity index (χ1n) is 46.6. The van der Waals surface area contributed by atoms with Crippen LogP contribution in [0, 0.1) is 0 Å². The molecule has 0 spiro atoms. The number of fused-ring (bicyclic) bond motifs is 14. The van der Waals surface area contributed by atoms with Crippen molar-refractivity contribution in [3.8, 4) is 46.0 Å². The van der Waals surface area contributed by atoms with E-state index in [0.29, 0.717) is 104 Å². The summed E-state index contributed by atoms with van der Waals surface area (Å²) >= 11 is 0. The van der Waals surface area contributed by atoms with Crippen LogP contribution in [0.15, 0.2) is 121 Å². The highest BCUT2D eigenvalue weighted by atomic mass is 16.5. The molecular weight excluding hydrogens is 1500 g/mol. The zero-order chi connectivity index (χ0) is 89.0. The third-order valence-corrected chi connectivity index (χ3v) is 24.4. The van der Waals surface area contributed by atoms with Gasteiger partial charge in [0.05, 0.1) is 39.6 Å². The first-order valence-corrected chi connectivity index (χ1v) is 46.6. The molecule has 8 nitrogen and oxygen atoms in total. The SMILES string of the molecule is CCCOc1c2cc(C(C)(C)C)cc1Cc1cc(C(C)(C)C)cc(c1OCCC)Cc1cc(C(C)(C)C)cc3c1OCc1cccc(c1)COc1c(cc(C(C)(C)C)cc1Cc1cc(C(C)(C)C)cc(c1OCCC)Cc1cc(C(C)(C)C)cc(c1OCCC)Cc1cc(C(C)(C)C)cc(c1OCCC)C3)Cc1cc(C(C)(C)C)cc(c1OCCC)C2. The molecule has 0 saturated carbocycles. The fourth-order valence-electron chi connectivity index (χ4n) is 17.1. The Morgan fingerprint density at radius 1 is 0.205 bits per heavy atom. The second-order valence-corrected chi connectivity index (χ2v) is 43.9. The van der Waals surface area contributed by atoms with E-state index in [1.165, 1.54) is 44.5 Å².